The van der Waals surface area contributed by atoms with Gasteiger partial charge in [0.1, 0.15) is 0 Å². The topological polar surface area (TPSA) is 91.8 Å². The maximum absolute atomic E-state index is 14.6. The Bertz CT molecular complexity index is 1160. The number of pyridine rings is 1. The number of nitrogens with zero attached hydrogens (tertiary/aromatic N) is 6. The lowest BCUT2D eigenvalue weighted by atomic mass is 9.95. The molecule has 9 nitrogen and oxygen atoms in total. The van der Waals surface area contributed by atoms with Gasteiger partial charge in [0, 0.05) is 44.4 Å². The number of amides is 2. The minimum absolute atomic E-state index is 0.00763. The van der Waals surface area contributed by atoms with E-state index in [0.717, 1.165) is 43.0 Å². The Hall–Kier alpha value is -3.14. The highest BCUT2D eigenvalue weighted by Crippen LogP contribution is 2.54. The number of aromatic nitrogens is 3. The summed E-state index contributed by atoms with van der Waals surface area (Å²) in [5.41, 5.74) is 1.77. The number of halogens is 1. The Morgan fingerprint density at radius 2 is 1.91 bits per heavy atom. The van der Waals surface area contributed by atoms with Gasteiger partial charge in [-0.1, -0.05) is 6.07 Å². The van der Waals surface area contributed by atoms with E-state index < -0.39 is 5.82 Å². The number of hydroxylamine groups is 2. The second kappa shape index (κ2) is 8.51. The summed E-state index contributed by atoms with van der Waals surface area (Å²) in [4.78, 5) is 48.2. The van der Waals surface area contributed by atoms with Gasteiger partial charge >= 0.3 is 0 Å². The number of piperidine rings is 1. The van der Waals surface area contributed by atoms with E-state index in [-0.39, 0.29) is 35.0 Å². The summed E-state index contributed by atoms with van der Waals surface area (Å²) in [6.07, 6.45) is 9.27. The van der Waals surface area contributed by atoms with Crippen molar-refractivity contribution in [1.82, 2.24) is 20.0 Å². The van der Waals surface area contributed by atoms with Gasteiger partial charge in [-0.05, 0) is 50.2 Å². The highest BCUT2D eigenvalue weighted by Gasteiger charge is 2.56. The Kier molecular flexibility index (Phi) is 5.43. The van der Waals surface area contributed by atoms with Crippen LogP contribution in [-0.2, 0) is 14.4 Å². The van der Waals surface area contributed by atoms with E-state index in [2.05, 4.69) is 21.0 Å². The molecule has 0 bridgehead atoms. The molecule has 5 heterocycles. The maximum Gasteiger partial charge on any atom is 0.249 e. The summed E-state index contributed by atoms with van der Waals surface area (Å²) in [5, 5.41) is 1.54. The number of rotatable bonds is 4. The third-order valence-electron chi connectivity index (χ3n) is 7.86. The van der Waals surface area contributed by atoms with Crippen LogP contribution in [0.25, 0.3) is 0 Å². The van der Waals surface area contributed by atoms with Crippen molar-refractivity contribution in [3.8, 4) is 0 Å². The van der Waals surface area contributed by atoms with Crippen LogP contribution < -0.4 is 9.80 Å². The Morgan fingerprint density at radius 1 is 1.11 bits per heavy atom. The van der Waals surface area contributed by atoms with Crippen molar-refractivity contribution in [2.24, 2.45) is 11.3 Å². The average molecular weight is 481 g/mol. The molecule has 1 aliphatic carbocycles. The zero-order valence-electron chi connectivity index (χ0n) is 19.8. The fraction of sp³-hybridized carbons (Fsp3) is 0.560. The van der Waals surface area contributed by atoms with Crippen LogP contribution in [0.2, 0.25) is 0 Å². The molecule has 2 amide bonds. The zero-order valence-corrected chi connectivity index (χ0v) is 19.8. The average Bonchev–Trinajstić information content (AvgIpc) is 3.37. The minimum Gasteiger partial charge on any atom is -0.341 e. The first-order valence-corrected chi connectivity index (χ1v) is 12.4. The van der Waals surface area contributed by atoms with E-state index >= 15 is 0 Å². The molecule has 0 N–H and O–H groups in total. The third-order valence-corrected chi connectivity index (χ3v) is 7.86. The van der Waals surface area contributed by atoms with Crippen LogP contribution in [-0.4, -0.2) is 58.1 Å². The number of hydrogen-bond acceptors (Lipinski definition) is 7. The highest BCUT2D eigenvalue weighted by atomic mass is 19.1. The lowest BCUT2D eigenvalue weighted by Crippen LogP contribution is -2.42. The van der Waals surface area contributed by atoms with Gasteiger partial charge in [0.15, 0.2) is 11.6 Å². The standard InChI is InChI=1S/C25H29FN6O3/c1-16-12-18(14-27-13-16)20-4-11-35-32(20)22(33)17-2-8-30(9-3-17)24-28-15-19(26)21(29-24)31-10-7-25(5-6-25)23(31)34/h12-15,17,20H,2-11H2,1H3/t20-/m0/s1. The van der Waals surface area contributed by atoms with Crippen LogP contribution in [0, 0.1) is 24.1 Å². The Labute approximate surface area is 203 Å². The molecular weight excluding hydrogens is 451 g/mol. The van der Waals surface area contributed by atoms with E-state index in [9.17, 15) is 14.0 Å². The summed E-state index contributed by atoms with van der Waals surface area (Å²) in [6, 6.07) is 1.93. The molecule has 0 unspecified atom stereocenters. The number of aryl methyl sites for hydroxylation is 1. The lowest BCUT2D eigenvalue weighted by Gasteiger charge is -2.34. The van der Waals surface area contributed by atoms with Crippen LogP contribution in [0.1, 0.15) is 55.7 Å². The molecule has 0 aromatic carbocycles. The largest absolute Gasteiger partial charge is 0.341 e. The van der Waals surface area contributed by atoms with E-state index in [1.165, 1.54) is 9.96 Å². The van der Waals surface area contributed by atoms with Crippen molar-refractivity contribution in [3.63, 3.8) is 0 Å². The maximum atomic E-state index is 14.6. The minimum atomic E-state index is -0.576. The Balaban J connectivity index is 1.12. The molecule has 4 fully saturated rings. The third kappa shape index (κ3) is 3.93. The van der Waals surface area contributed by atoms with Crippen molar-refractivity contribution < 1.29 is 18.8 Å². The van der Waals surface area contributed by atoms with E-state index in [1.807, 2.05) is 11.8 Å². The molecule has 35 heavy (non-hydrogen) atoms. The number of anilines is 2. The van der Waals surface area contributed by atoms with Gasteiger partial charge in [0.25, 0.3) is 0 Å². The molecule has 2 aromatic rings. The lowest BCUT2D eigenvalue weighted by molar-refractivity contribution is -0.182. The predicted octanol–water partition coefficient (Wildman–Crippen LogP) is 2.96. The normalized spacial score (nSPS) is 24.0. The quantitative estimate of drug-likeness (QED) is 0.664. The van der Waals surface area contributed by atoms with Gasteiger partial charge in [-0.25, -0.2) is 14.4 Å². The van der Waals surface area contributed by atoms with Crippen molar-refractivity contribution in [3.05, 3.63) is 41.6 Å². The summed E-state index contributed by atoms with van der Waals surface area (Å²) < 4.78 is 14.6. The number of carbonyl (C=O) groups excluding carboxylic acids is 2. The Morgan fingerprint density at radius 3 is 2.63 bits per heavy atom. The predicted molar refractivity (Wildman–Crippen MR) is 125 cm³/mol. The molecular formula is C25H29FN6O3. The molecule has 1 spiro atoms. The van der Waals surface area contributed by atoms with Crippen molar-refractivity contribution >= 4 is 23.6 Å². The summed E-state index contributed by atoms with van der Waals surface area (Å²) in [5.74, 6) is -0.298. The van der Waals surface area contributed by atoms with Crippen LogP contribution in [0.5, 0.6) is 0 Å². The monoisotopic (exact) mass is 480 g/mol. The van der Waals surface area contributed by atoms with Crippen molar-refractivity contribution in [2.75, 3.05) is 36.0 Å². The summed E-state index contributed by atoms with van der Waals surface area (Å²) >= 11 is 0. The van der Waals surface area contributed by atoms with Crippen LogP contribution >= 0.6 is 0 Å². The van der Waals surface area contributed by atoms with E-state index in [4.69, 9.17) is 4.84 Å². The smallest absolute Gasteiger partial charge is 0.249 e. The van der Waals surface area contributed by atoms with Crippen molar-refractivity contribution in [2.45, 2.75) is 51.5 Å². The van der Waals surface area contributed by atoms with Crippen LogP contribution in [0.3, 0.4) is 0 Å². The van der Waals surface area contributed by atoms with Gasteiger partial charge in [0.2, 0.25) is 17.8 Å². The molecule has 10 heteroatoms. The fourth-order valence-corrected chi connectivity index (χ4v) is 5.58. The second-order valence-electron chi connectivity index (χ2n) is 10.2. The van der Waals surface area contributed by atoms with Gasteiger partial charge < -0.3 is 4.90 Å². The van der Waals surface area contributed by atoms with Crippen molar-refractivity contribution in [1.29, 1.82) is 0 Å². The molecule has 184 valence electrons. The van der Waals surface area contributed by atoms with Gasteiger partial charge in [-0.2, -0.15) is 4.98 Å². The highest BCUT2D eigenvalue weighted by molar-refractivity contribution is 6.01. The van der Waals surface area contributed by atoms with Gasteiger partial charge in [0.05, 0.1) is 24.3 Å². The first kappa shape index (κ1) is 22.3. The van der Waals surface area contributed by atoms with E-state index in [0.29, 0.717) is 45.0 Å². The number of carbonyl (C=O) groups is 2. The van der Waals surface area contributed by atoms with E-state index in [1.54, 1.807) is 12.4 Å². The molecule has 2 aromatic heterocycles. The van der Waals surface area contributed by atoms with Crippen LogP contribution in [0.4, 0.5) is 16.2 Å². The summed E-state index contributed by atoms with van der Waals surface area (Å²) in [6.45, 7) is 4.14. The molecule has 1 saturated carbocycles. The zero-order chi connectivity index (χ0) is 24.2. The van der Waals surface area contributed by atoms with Gasteiger partial charge in [-0.3, -0.25) is 24.3 Å². The second-order valence-corrected chi connectivity index (χ2v) is 10.2. The molecule has 1 atom stereocenters. The summed E-state index contributed by atoms with van der Waals surface area (Å²) in [7, 11) is 0. The molecule has 0 radical (unpaired) electrons. The molecule has 3 aliphatic heterocycles. The SMILES string of the molecule is Cc1cncc([C@@H]2CCON2C(=O)C2CCN(c3ncc(F)c(N4CCC5(CC5)C4=O)n3)CC2)c1. The number of hydrogen-bond donors (Lipinski definition) is 0. The molecule has 6 rings (SSSR count). The van der Waals surface area contributed by atoms with Gasteiger partial charge in [-0.15, -0.1) is 0 Å². The van der Waals surface area contributed by atoms with Crippen LogP contribution in [0.15, 0.2) is 24.7 Å². The molecule has 4 aliphatic rings. The fourth-order valence-electron chi connectivity index (χ4n) is 5.58. The molecule has 3 saturated heterocycles. The first-order valence-electron chi connectivity index (χ1n) is 12.4. The first-order chi connectivity index (χ1) is 16.9.